The largest absolute Gasteiger partial charge is 0.294 e. The highest BCUT2D eigenvalue weighted by Crippen LogP contribution is 2.69. The van der Waals surface area contributed by atoms with E-state index in [1.54, 1.807) is 0 Å². The molecule has 1 saturated carbocycles. The molecule has 1 aromatic rings. The van der Waals surface area contributed by atoms with E-state index < -0.39 is 0 Å². The summed E-state index contributed by atoms with van der Waals surface area (Å²) >= 11 is 0. The van der Waals surface area contributed by atoms with Gasteiger partial charge < -0.3 is 0 Å². The molecule has 0 bridgehead atoms. The molecule has 0 atom stereocenters. The first-order chi connectivity index (χ1) is 8.10. The fourth-order valence-electron chi connectivity index (χ4n) is 3.22. The van der Waals surface area contributed by atoms with Gasteiger partial charge in [0, 0.05) is 5.92 Å². The minimum atomic E-state index is -0.379. The van der Waals surface area contributed by atoms with Crippen LogP contribution in [0.5, 0.6) is 0 Å². The molecular weight excluding hydrogens is 227 g/mol. The summed E-state index contributed by atoms with van der Waals surface area (Å²) in [5.41, 5.74) is 1.79. The smallest absolute Gasteiger partial charge is 0.170 e. The van der Waals surface area contributed by atoms with Gasteiger partial charge >= 0.3 is 0 Å². The monoisotopic (exact) mass is 248 g/mol. The number of hydrogen-bond donors (Lipinski definition) is 0. The summed E-state index contributed by atoms with van der Waals surface area (Å²) in [6.07, 6.45) is 0. The molecule has 0 N–H and O–H groups in total. The van der Waals surface area contributed by atoms with Crippen LogP contribution < -0.4 is 0 Å². The van der Waals surface area contributed by atoms with Gasteiger partial charge in [-0.2, -0.15) is 0 Å². The standard InChI is InChI=1S/C16H21FO/c1-9-7-10(2)12(11(17)8-9)13(18)14-15(3,4)16(14,5)6/h7-8,14H,1-6H3. The number of halogens is 1. The van der Waals surface area contributed by atoms with E-state index >= 15 is 0 Å². The maximum Gasteiger partial charge on any atom is 0.170 e. The van der Waals surface area contributed by atoms with Crippen molar-refractivity contribution in [1.29, 1.82) is 0 Å². The number of carbonyl (C=O) groups excluding carboxylic acids is 1. The Hall–Kier alpha value is -1.18. The molecule has 1 aromatic carbocycles. The molecule has 0 saturated heterocycles. The fraction of sp³-hybridized carbons (Fsp3) is 0.562. The highest BCUT2D eigenvalue weighted by Gasteiger charge is 2.68. The number of Topliss-reactive ketones (excluding diaryl/α,β-unsaturated/α-hetero) is 1. The van der Waals surface area contributed by atoms with Crippen molar-refractivity contribution in [2.45, 2.75) is 41.5 Å². The minimum absolute atomic E-state index is 0.0417. The zero-order valence-corrected chi connectivity index (χ0v) is 12.0. The molecule has 0 radical (unpaired) electrons. The molecule has 1 aliphatic rings. The number of ketones is 1. The molecule has 1 aliphatic carbocycles. The number of carbonyl (C=O) groups is 1. The van der Waals surface area contributed by atoms with Crippen molar-refractivity contribution in [3.05, 3.63) is 34.6 Å². The van der Waals surface area contributed by atoms with Crippen LogP contribution in [-0.2, 0) is 0 Å². The first-order valence-corrected chi connectivity index (χ1v) is 6.41. The number of rotatable bonds is 2. The maximum absolute atomic E-state index is 14.0. The molecule has 0 heterocycles. The second-order valence-electron chi connectivity index (χ2n) is 6.68. The van der Waals surface area contributed by atoms with Gasteiger partial charge in [0.25, 0.3) is 0 Å². The van der Waals surface area contributed by atoms with Gasteiger partial charge in [-0.1, -0.05) is 33.8 Å². The van der Waals surface area contributed by atoms with Crippen LogP contribution in [0.25, 0.3) is 0 Å². The van der Waals surface area contributed by atoms with Crippen LogP contribution in [0.1, 0.15) is 49.2 Å². The van der Waals surface area contributed by atoms with E-state index in [1.807, 2.05) is 19.9 Å². The highest BCUT2D eigenvalue weighted by molar-refractivity contribution is 6.02. The molecular formula is C16H21FO. The van der Waals surface area contributed by atoms with Crippen molar-refractivity contribution in [1.82, 2.24) is 0 Å². The zero-order valence-electron chi connectivity index (χ0n) is 12.0. The van der Waals surface area contributed by atoms with E-state index in [-0.39, 0.29) is 33.9 Å². The Balaban J connectivity index is 2.44. The van der Waals surface area contributed by atoms with Crippen LogP contribution in [-0.4, -0.2) is 5.78 Å². The molecule has 0 spiro atoms. The Morgan fingerprint density at radius 1 is 1.11 bits per heavy atom. The van der Waals surface area contributed by atoms with Gasteiger partial charge in [-0.25, -0.2) is 4.39 Å². The van der Waals surface area contributed by atoms with Gasteiger partial charge in [-0.15, -0.1) is 0 Å². The summed E-state index contributed by atoms with van der Waals surface area (Å²) in [6, 6.07) is 3.32. The van der Waals surface area contributed by atoms with Crippen molar-refractivity contribution in [2.24, 2.45) is 16.7 Å². The van der Waals surface area contributed by atoms with E-state index in [0.29, 0.717) is 0 Å². The van der Waals surface area contributed by atoms with Gasteiger partial charge in [-0.05, 0) is 41.9 Å². The summed E-state index contributed by atoms with van der Waals surface area (Å²) in [5, 5.41) is 0. The first kappa shape index (κ1) is 13.3. The fourth-order valence-corrected chi connectivity index (χ4v) is 3.22. The van der Waals surface area contributed by atoms with Gasteiger partial charge in [-0.3, -0.25) is 4.79 Å². The van der Waals surface area contributed by atoms with Crippen molar-refractivity contribution in [2.75, 3.05) is 0 Å². The van der Waals surface area contributed by atoms with Crippen LogP contribution in [0, 0.1) is 36.4 Å². The summed E-state index contributed by atoms with van der Waals surface area (Å²) in [5.74, 6) is -0.503. The molecule has 0 unspecified atom stereocenters. The highest BCUT2D eigenvalue weighted by atomic mass is 19.1. The van der Waals surface area contributed by atoms with Crippen molar-refractivity contribution in [3.63, 3.8) is 0 Å². The summed E-state index contributed by atoms with van der Waals surface area (Å²) in [7, 11) is 0. The minimum Gasteiger partial charge on any atom is -0.294 e. The Bertz CT molecular complexity index is 489. The summed E-state index contributed by atoms with van der Waals surface area (Å²) in [6.45, 7) is 12.0. The number of aryl methyl sites for hydroxylation is 2. The lowest BCUT2D eigenvalue weighted by Crippen LogP contribution is -2.12. The molecule has 0 amide bonds. The lowest BCUT2D eigenvalue weighted by molar-refractivity contribution is 0.0940. The predicted molar refractivity (Wildman–Crippen MR) is 71.3 cm³/mol. The third-order valence-corrected chi connectivity index (χ3v) is 4.96. The van der Waals surface area contributed by atoms with E-state index in [2.05, 4.69) is 27.7 Å². The van der Waals surface area contributed by atoms with Gasteiger partial charge in [0.15, 0.2) is 5.78 Å². The third kappa shape index (κ3) is 1.62. The lowest BCUT2D eigenvalue weighted by atomic mass is 9.95. The second kappa shape index (κ2) is 3.66. The average Bonchev–Trinajstić information content (AvgIpc) is 2.54. The van der Waals surface area contributed by atoms with Crippen LogP contribution in [0.2, 0.25) is 0 Å². The third-order valence-electron chi connectivity index (χ3n) is 4.96. The molecule has 0 aliphatic heterocycles. The Kier molecular flexibility index (Phi) is 2.69. The molecule has 18 heavy (non-hydrogen) atoms. The topological polar surface area (TPSA) is 17.1 Å². The van der Waals surface area contributed by atoms with Crippen LogP contribution in [0.15, 0.2) is 12.1 Å². The van der Waals surface area contributed by atoms with E-state index in [4.69, 9.17) is 0 Å². The van der Waals surface area contributed by atoms with E-state index in [9.17, 15) is 9.18 Å². The summed E-state index contributed by atoms with van der Waals surface area (Å²) < 4.78 is 14.0. The average molecular weight is 248 g/mol. The SMILES string of the molecule is Cc1cc(C)c(C(=O)C2C(C)(C)C2(C)C)c(F)c1. The molecule has 2 heteroatoms. The zero-order chi connectivity index (χ0) is 13.9. The van der Waals surface area contributed by atoms with Crippen molar-refractivity contribution >= 4 is 5.78 Å². The van der Waals surface area contributed by atoms with E-state index in [0.717, 1.165) is 11.1 Å². The molecule has 2 rings (SSSR count). The van der Waals surface area contributed by atoms with Crippen molar-refractivity contribution in [3.8, 4) is 0 Å². The molecule has 98 valence electrons. The first-order valence-electron chi connectivity index (χ1n) is 6.41. The normalized spacial score (nSPS) is 20.8. The Labute approximate surface area is 108 Å². The molecule has 0 aromatic heterocycles. The molecule has 1 fully saturated rings. The molecule has 1 nitrogen and oxygen atoms in total. The van der Waals surface area contributed by atoms with E-state index in [1.165, 1.54) is 6.07 Å². The maximum atomic E-state index is 14.0. The van der Waals surface area contributed by atoms with Gasteiger partial charge in [0.05, 0.1) is 5.56 Å². The van der Waals surface area contributed by atoms with Gasteiger partial charge in [0.1, 0.15) is 5.82 Å². The Morgan fingerprint density at radius 3 is 2.00 bits per heavy atom. The summed E-state index contributed by atoms with van der Waals surface area (Å²) in [4.78, 5) is 12.6. The number of benzene rings is 1. The van der Waals surface area contributed by atoms with Gasteiger partial charge in [0.2, 0.25) is 0 Å². The second-order valence-corrected chi connectivity index (χ2v) is 6.68. The van der Waals surface area contributed by atoms with Crippen LogP contribution in [0.4, 0.5) is 4.39 Å². The van der Waals surface area contributed by atoms with Crippen LogP contribution >= 0.6 is 0 Å². The van der Waals surface area contributed by atoms with Crippen LogP contribution in [0.3, 0.4) is 0 Å². The predicted octanol–water partition coefficient (Wildman–Crippen LogP) is 4.31. The van der Waals surface area contributed by atoms with Crippen molar-refractivity contribution < 1.29 is 9.18 Å². The lowest BCUT2D eigenvalue weighted by Gasteiger charge is -2.09. The number of hydrogen-bond acceptors (Lipinski definition) is 1. The quantitative estimate of drug-likeness (QED) is 0.713. The Morgan fingerprint density at radius 2 is 1.61 bits per heavy atom.